The summed E-state index contributed by atoms with van der Waals surface area (Å²) in [6.45, 7) is 0.522. The second kappa shape index (κ2) is 21.0. The Balaban J connectivity index is -0.000000882. The van der Waals surface area contributed by atoms with Gasteiger partial charge in [0, 0.05) is 0 Å². The van der Waals surface area contributed by atoms with Crippen LogP contribution in [0, 0.1) is 0 Å². The smallest absolute Gasteiger partial charge is 0.862 e. The van der Waals surface area contributed by atoms with Crippen LogP contribution in [0.5, 0.6) is 0 Å². The summed E-state index contributed by atoms with van der Waals surface area (Å²) < 4.78 is -0.450. The second-order valence-electron chi connectivity index (χ2n) is 6.01. The van der Waals surface area contributed by atoms with Crippen molar-refractivity contribution in [1.82, 2.24) is 0 Å². The number of hydrogen-bond donors (Lipinski definition) is 1. The number of nitrogens with zero attached hydrogens (tertiary/aromatic N) is 2. The van der Waals surface area contributed by atoms with Crippen LogP contribution in [-0.4, -0.2) is 72.2 Å². The van der Waals surface area contributed by atoms with Crippen LogP contribution in [0.3, 0.4) is 0 Å². The summed E-state index contributed by atoms with van der Waals surface area (Å²) in [5, 5.41) is 42.5. The van der Waals surface area contributed by atoms with Crippen molar-refractivity contribution in [2.45, 2.75) is 45.4 Å². The monoisotopic (exact) mass is 408 g/mol. The van der Waals surface area contributed by atoms with Crippen LogP contribution in [-0.2, 0) is 9.59 Å². The van der Waals surface area contributed by atoms with Crippen molar-refractivity contribution in [3.8, 4) is 0 Å². The second-order valence-corrected chi connectivity index (χ2v) is 6.01. The third kappa shape index (κ3) is 19.4. The average Bonchev–Trinajstić information content (AvgIpc) is 2.45. The van der Waals surface area contributed by atoms with Gasteiger partial charge < -0.3 is 40.0 Å². The quantitative estimate of drug-likeness (QED) is 0.0928. The van der Waals surface area contributed by atoms with Gasteiger partial charge in [0.25, 0.3) is 0 Å². The minimum Gasteiger partial charge on any atom is -0.862 e. The van der Waals surface area contributed by atoms with E-state index in [0.29, 0.717) is 6.42 Å². The van der Waals surface area contributed by atoms with Gasteiger partial charge in [-0.2, -0.15) is 0 Å². The average molecular weight is 408 g/mol. The maximum Gasteiger partial charge on any atom is 1.00 e. The normalized spacial score (nSPS) is 11.0. The van der Waals surface area contributed by atoms with Gasteiger partial charge in [0.1, 0.15) is 19.6 Å². The van der Waals surface area contributed by atoms with E-state index < -0.39 is 29.5 Å². The number of rotatable bonds is 15. The predicted molar refractivity (Wildman–Crippen MR) is 86.1 cm³/mol. The summed E-state index contributed by atoms with van der Waals surface area (Å²) in [6, 6.07) is 0. The molecule has 0 fully saturated rings. The molecule has 0 aromatic carbocycles. The topological polar surface area (TPSA) is 167 Å². The fourth-order valence-electron chi connectivity index (χ4n) is 2.59. The van der Waals surface area contributed by atoms with Crippen molar-refractivity contribution in [3.05, 3.63) is 0 Å². The number of hydrogen-bond acceptors (Lipinski definition) is 7. The molecule has 11 heteroatoms. The van der Waals surface area contributed by atoms with Crippen molar-refractivity contribution in [2.75, 3.05) is 39.3 Å². The predicted octanol–water partition coefficient (Wildman–Crippen LogP) is -9.40. The maximum absolute atomic E-state index is 11.7. The van der Waals surface area contributed by atoms with Gasteiger partial charge in [-0.05, 0) is 18.7 Å². The molecule has 0 saturated heterocycles. The van der Waals surface area contributed by atoms with Crippen LogP contribution in [0.25, 0.3) is 0 Å². The van der Waals surface area contributed by atoms with E-state index in [1.807, 2.05) is 0 Å². The fraction of sp³-hybridized carbons (Fsp3) is 0.812. The van der Waals surface area contributed by atoms with Crippen molar-refractivity contribution in [3.63, 3.8) is 0 Å². The molecule has 0 heterocycles. The molecule has 27 heavy (non-hydrogen) atoms. The number of carboxylic acids is 2. The molecule has 0 aromatic rings. The van der Waals surface area contributed by atoms with E-state index in [4.69, 9.17) is 5.11 Å². The number of aliphatic hydroxyl groups is 1. The van der Waals surface area contributed by atoms with Crippen LogP contribution in [0.1, 0.15) is 45.4 Å². The molecule has 0 bridgehead atoms. The zero-order chi connectivity index (χ0) is 18.4. The Labute approximate surface area is 205 Å². The molecule has 9 nitrogen and oxygen atoms in total. The van der Waals surface area contributed by atoms with Crippen molar-refractivity contribution in [2.24, 2.45) is 4.99 Å². The minimum atomic E-state index is -1.42. The maximum atomic E-state index is 11.7. The van der Waals surface area contributed by atoms with E-state index in [-0.39, 0.29) is 96.7 Å². The first-order chi connectivity index (χ1) is 11.3. The molecule has 0 amide bonds. The number of aliphatic carboxylic acids is 2. The molecule has 3 N–H and O–H groups in total. The SMILES string of the molecule is CCCCCCCC([O-])=NCC[N+](CCO)(CC(=O)[O-])CC(=O)[O-].O.[Na+].[Na+]. The number of carbonyl (C=O) groups excluding carboxylic acids is 2. The number of carboxylic acid groups (broad SMARTS) is 2. The van der Waals surface area contributed by atoms with Crippen molar-refractivity contribution >= 4 is 17.8 Å². The first-order valence-corrected chi connectivity index (χ1v) is 8.41. The molecule has 0 saturated carbocycles. The van der Waals surface area contributed by atoms with E-state index in [9.17, 15) is 24.9 Å². The third-order valence-electron chi connectivity index (χ3n) is 3.86. The van der Waals surface area contributed by atoms with Crippen molar-refractivity contribution < 1.29 is 99.1 Å². The van der Waals surface area contributed by atoms with Gasteiger partial charge in [-0.3, -0.25) is 4.99 Å². The molecule has 0 unspecified atom stereocenters. The Morgan fingerprint density at radius 3 is 1.89 bits per heavy atom. The summed E-state index contributed by atoms with van der Waals surface area (Å²) in [7, 11) is 0. The number of carbonyl (C=O) groups is 2. The van der Waals surface area contributed by atoms with Gasteiger partial charge in [-0.25, -0.2) is 0 Å². The molecule has 0 spiro atoms. The molecule has 0 aliphatic carbocycles. The van der Waals surface area contributed by atoms with Crippen molar-refractivity contribution in [1.29, 1.82) is 0 Å². The molecular formula is C16H30N2Na2O7. The van der Waals surface area contributed by atoms with E-state index in [1.165, 1.54) is 0 Å². The Morgan fingerprint density at radius 1 is 0.926 bits per heavy atom. The molecule has 0 aliphatic rings. The summed E-state index contributed by atoms with van der Waals surface area (Å²) in [5.41, 5.74) is 0. The fourth-order valence-corrected chi connectivity index (χ4v) is 2.59. The Kier molecular flexibility index (Phi) is 27.1. The van der Waals surface area contributed by atoms with Gasteiger partial charge in [0.05, 0.1) is 31.6 Å². The number of unbranched alkanes of at least 4 members (excludes halogenated alkanes) is 4. The molecule has 0 rings (SSSR count). The Morgan fingerprint density at radius 2 is 1.44 bits per heavy atom. The van der Waals surface area contributed by atoms with Crippen LogP contribution in [0.15, 0.2) is 4.99 Å². The minimum absolute atomic E-state index is 0. The molecular weight excluding hydrogens is 378 g/mol. The first kappa shape index (κ1) is 34.8. The summed E-state index contributed by atoms with van der Waals surface area (Å²) in [5.74, 6) is -3.12. The van der Waals surface area contributed by atoms with Crippen LogP contribution < -0.4 is 74.4 Å². The molecule has 0 radical (unpaired) electrons. The zero-order valence-corrected chi connectivity index (χ0v) is 20.9. The van der Waals surface area contributed by atoms with E-state index in [1.54, 1.807) is 0 Å². The molecule has 148 valence electrons. The summed E-state index contributed by atoms with van der Waals surface area (Å²) >= 11 is 0. The number of quaternary nitrogens is 1. The largest absolute Gasteiger partial charge is 1.00 e. The van der Waals surface area contributed by atoms with E-state index in [2.05, 4.69) is 11.9 Å². The number of aliphatic hydroxyl groups excluding tert-OH is 1. The van der Waals surface area contributed by atoms with Gasteiger partial charge >= 0.3 is 59.1 Å². The standard InChI is InChI=1S/C16H30N2O6.2Na.H2O/c1-2-3-4-5-6-7-14(20)17-8-9-18(10-11-19,12-15(21)22)13-16(23)24;;;/h19H,2-13H2,1H3,(H2-,17,20,21,22,23,24);;;1H2/q;2*+1;/p-2. The Bertz CT molecular complexity index is 408. The molecule has 0 atom stereocenters. The first-order valence-electron chi connectivity index (χ1n) is 8.41. The van der Waals surface area contributed by atoms with E-state index in [0.717, 1.165) is 32.1 Å². The Hall–Kier alpha value is 0.290. The number of aliphatic imine (C=N–C) groups is 1. The zero-order valence-electron chi connectivity index (χ0n) is 16.9. The van der Waals surface area contributed by atoms with Crippen LogP contribution in [0.4, 0.5) is 0 Å². The summed E-state index contributed by atoms with van der Waals surface area (Å²) in [6.07, 6.45) is 5.41. The van der Waals surface area contributed by atoms with Gasteiger partial charge in [0.2, 0.25) is 0 Å². The van der Waals surface area contributed by atoms with Crippen LogP contribution >= 0.6 is 0 Å². The van der Waals surface area contributed by atoms with Crippen LogP contribution in [0.2, 0.25) is 0 Å². The van der Waals surface area contributed by atoms with Gasteiger partial charge in [0.15, 0.2) is 0 Å². The molecule has 0 aliphatic heterocycles. The van der Waals surface area contributed by atoms with Gasteiger partial charge in [-0.1, -0.05) is 32.6 Å². The third-order valence-corrected chi connectivity index (χ3v) is 3.86. The van der Waals surface area contributed by atoms with Gasteiger partial charge in [-0.15, -0.1) is 0 Å². The molecule has 0 aromatic heterocycles. The summed E-state index contributed by atoms with van der Waals surface area (Å²) in [4.78, 5) is 25.6. The van der Waals surface area contributed by atoms with E-state index >= 15 is 0 Å².